The van der Waals surface area contributed by atoms with Crippen molar-refractivity contribution < 1.29 is 0 Å². The summed E-state index contributed by atoms with van der Waals surface area (Å²) >= 11 is 0. The van der Waals surface area contributed by atoms with Crippen LogP contribution in [-0.4, -0.2) is 9.55 Å². The van der Waals surface area contributed by atoms with E-state index in [9.17, 15) is 0 Å². The van der Waals surface area contributed by atoms with Crippen LogP contribution in [0.3, 0.4) is 0 Å². The van der Waals surface area contributed by atoms with E-state index in [1.807, 2.05) is 0 Å². The highest BCUT2D eigenvalue weighted by molar-refractivity contribution is 5.82. The molecule has 0 radical (unpaired) electrons. The molecule has 2 aromatic carbocycles. The van der Waals surface area contributed by atoms with Crippen LogP contribution in [0.15, 0.2) is 42.5 Å². The molecule has 3 nitrogen and oxygen atoms in total. The van der Waals surface area contributed by atoms with Gasteiger partial charge in [0.15, 0.2) is 0 Å². The maximum absolute atomic E-state index is 5.72. The van der Waals surface area contributed by atoms with Crippen LogP contribution in [0.5, 0.6) is 0 Å². The van der Waals surface area contributed by atoms with Crippen LogP contribution < -0.4 is 5.73 Å². The largest absolute Gasteiger partial charge is 0.326 e. The lowest BCUT2D eigenvalue weighted by Gasteiger charge is -2.08. The van der Waals surface area contributed by atoms with E-state index >= 15 is 0 Å². The molecule has 2 N–H and O–H groups in total. The third-order valence-corrected chi connectivity index (χ3v) is 3.75. The van der Waals surface area contributed by atoms with Crippen LogP contribution in [0, 0.1) is 6.92 Å². The van der Waals surface area contributed by atoms with Crippen molar-refractivity contribution in [1.29, 1.82) is 0 Å². The fourth-order valence-electron chi connectivity index (χ4n) is 2.65. The summed E-state index contributed by atoms with van der Waals surface area (Å²) in [5.41, 5.74) is 11.5. The molecule has 0 saturated heterocycles. The summed E-state index contributed by atoms with van der Waals surface area (Å²) in [5.74, 6) is 1.04. The molecule has 102 valence electrons. The van der Waals surface area contributed by atoms with Gasteiger partial charge in [0, 0.05) is 18.7 Å². The van der Waals surface area contributed by atoms with Crippen molar-refractivity contribution in [3.63, 3.8) is 0 Å². The molecular formula is C17H19N3. The monoisotopic (exact) mass is 265 g/mol. The number of aryl methyl sites for hydroxylation is 2. The Hall–Kier alpha value is -2.13. The smallest absolute Gasteiger partial charge is 0.141 e. The van der Waals surface area contributed by atoms with Gasteiger partial charge in [0.1, 0.15) is 5.82 Å². The number of fused-ring (bicyclic) bond motifs is 1. The van der Waals surface area contributed by atoms with E-state index in [2.05, 4.69) is 60.9 Å². The number of hydrogen-bond donors (Lipinski definition) is 1. The minimum Gasteiger partial charge on any atom is -0.326 e. The first-order valence-corrected chi connectivity index (χ1v) is 6.99. The summed E-state index contributed by atoms with van der Waals surface area (Å²) in [6, 6.07) is 14.7. The molecule has 0 saturated carbocycles. The van der Waals surface area contributed by atoms with E-state index in [1.54, 1.807) is 0 Å². The number of nitrogens with two attached hydrogens (primary N) is 1. The lowest BCUT2D eigenvalue weighted by Crippen LogP contribution is -1.99. The van der Waals surface area contributed by atoms with Gasteiger partial charge in [0.05, 0.1) is 11.0 Å². The second kappa shape index (κ2) is 5.10. The molecule has 20 heavy (non-hydrogen) atoms. The molecule has 0 aliphatic carbocycles. The average molecular weight is 265 g/mol. The van der Waals surface area contributed by atoms with Crippen LogP contribution >= 0.6 is 0 Å². The van der Waals surface area contributed by atoms with Crippen LogP contribution in [0.1, 0.15) is 18.1 Å². The Morgan fingerprint density at radius 1 is 1.15 bits per heavy atom. The van der Waals surface area contributed by atoms with Crippen molar-refractivity contribution in [1.82, 2.24) is 9.55 Å². The summed E-state index contributed by atoms with van der Waals surface area (Å²) in [6.07, 6.45) is 0. The Morgan fingerprint density at radius 3 is 2.65 bits per heavy atom. The molecule has 1 heterocycles. The Balaban J connectivity index is 2.28. The zero-order valence-corrected chi connectivity index (χ0v) is 11.9. The predicted octanol–water partition coefficient (Wildman–Crippen LogP) is 3.49. The first-order valence-electron chi connectivity index (χ1n) is 6.99. The average Bonchev–Trinajstić information content (AvgIpc) is 2.84. The standard InChI is InChI=1S/C17H19N3/c1-3-20-16-9-8-13(11-18)10-15(16)19-17(20)14-7-5-4-6-12(14)2/h4-10H,3,11,18H2,1-2H3. The van der Waals surface area contributed by atoms with E-state index in [4.69, 9.17) is 10.7 Å². The number of aromatic nitrogens is 2. The third-order valence-electron chi connectivity index (χ3n) is 3.75. The molecule has 3 aromatic rings. The van der Waals surface area contributed by atoms with Crippen molar-refractivity contribution in [2.75, 3.05) is 0 Å². The van der Waals surface area contributed by atoms with Gasteiger partial charge >= 0.3 is 0 Å². The lowest BCUT2D eigenvalue weighted by molar-refractivity contribution is 0.795. The van der Waals surface area contributed by atoms with E-state index in [0.717, 1.165) is 23.4 Å². The molecule has 0 amide bonds. The second-order valence-electron chi connectivity index (χ2n) is 5.02. The SMILES string of the molecule is CCn1c(-c2ccccc2C)nc2cc(CN)ccc21. The molecule has 3 rings (SSSR count). The van der Waals surface area contributed by atoms with Gasteiger partial charge in [0.25, 0.3) is 0 Å². The first-order chi connectivity index (χ1) is 9.74. The molecule has 3 heteroatoms. The van der Waals surface area contributed by atoms with Crippen molar-refractivity contribution in [3.8, 4) is 11.4 Å². The van der Waals surface area contributed by atoms with Crippen molar-refractivity contribution in [3.05, 3.63) is 53.6 Å². The van der Waals surface area contributed by atoms with E-state index in [0.29, 0.717) is 6.54 Å². The van der Waals surface area contributed by atoms with Gasteiger partial charge in [-0.2, -0.15) is 0 Å². The van der Waals surface area contributed by atoms with Crippen molar-refractivity contribution >= 4 is 11.0 Å². The Labute approximate surface area is 119 Å². The molecule has 0 aliphatic rings. The minimum atomic E-state index is 0.550. The molecule has 0 fully saturated rings. The normalized spacial score (nSPS) is 11.2. The highest BCUT2D eigenvalue weighted by atomic mass is 15.1. The molecule has 0 atom stereocenters. The van der Waals surface area contributed by atoms with Gasteiger partial charge < -0.3 is 10.3 Å². The molecule has 0 spiro atoms. The van der Waals surface area contributed by atoms with Crippen LogP contribution in [0.2, 0.25) is 0 Å². The second-order valence-corrected chi connectivity index (χ2v) is 5.02. The summed E-state index contributed by atoms with van der Waals surface area (Å²) < 4.78 is 2.26. The Bertz CT molecular complexity index is 756. The molecular weight excluding hydrogens is 246 g/mol. The fourth-order valence-corrected chi connectivity index (χ4v) is 2.65. The van der Waals surface area contributed by atoms with Crippen molar-refractivity contribution in [2.24, 2.45) is 5.73 Å². The molecule has 0 unspecified atom stereocenters. The minimum absolute atomic E-state index is 0.550. The lowest BCUT2D eigenvalue weighted by atomic mass is 10.1. The van der Waals surface area contributed by atoms with Gasteiger partial charge in [0.2, 0.25) is 0 Å². The summed E-state index contributed by atoms with van der Waals surface area (Å²) in [5, 5.41) is 0. The van der Waals surface area contributed by atoms with E-state index in [1.165, 1.54) is 16.6 Å². The number of imidazole rings is 1. The fraction of sp³-hybridized carbons (Fsp3) is 0.235. The number of benzene rings is 2. The highest BCUT2D eigenvalue weighted by Crippen LogP contribution is 2.27. The zero-order chi connectivity index (χ0) is 14.1. The van der Waals surface area contributed by atoms with Gasteiger partial charge in [-0.3, -0.25) is 0 Å². The van der Waals surface area contributed by atoms with E-state index in [-0.39, 0.29) is 0 Å². The number of nitrogens with zero attached hydrogens (tertiary/aromatic N) is 2. The number of hydrogen-bond acceptors (Lipinski definition) is 2. The molecule has 1 aromatic heterocycles. The van der Waals surface area contributed by atoms with Crippen LogP contribution in [0.25, 0.3) is 22.4 Å². The third kappa shape index (κ3) is 2.00. The summed E-state index contributed by atoms with van der Waals surface area (Å²) in [7, 11) is 0. The maximum atomic E-state index is 5.72. The number of rotatable bonds is 3. The van der Waals surface area contributed by atoms with Gasteiger partial charge in [-0.1, -0.05) is 30.3 Å². The van der Waals surface area contributed by atoms with E-state index < -0.39 is 0 Å². The van der Waals surface area contributed by atoms with Crippen LogP contribution in [-0.2, 0) is 13.1 Å². The summed E-state index contributed by atoms with van der Waals surface area (Å²) in [4.78, 5) is 4.83. The zero-order valence-electron chi connectivity index (χ0n) is 11.9. The quantitative estimate of drug-likeness (QED) is 0.787. The van der Waals surface area contributed by atoms with Crippen LogP contribution in [0.4, 0.5) is 0 Å². The van der Waals surface area contributed by atoms with Crippen molar-refractivity contribution in [2.45, 2.75) is 26.9 Å². The topological polar surface area (TPSA) is 43.8 Å². The Morgan fingerprint density at radius 2 is 1.95 bits per heavy atom. The van der Waals surface area contributed by atoms with Gasteiger partial charge in [-0.05, 0) is 37.1 Å². The highest BCUT2D eigenvalue weighted by Gasteiger charge is 2.13. The molecule has 0 bridgehead atoms. The first kappa shape index (κ1) is 12.9. The Kier molecular flexibility index (Phi) is 3.28. The molecule has 0 aliphatic heterocycles. The maximum Gasteiger partial charge on any atom is 0.141 e. The summed E-state index contributed by atoms with van der Waals surface area (Å²) in [6.45, 7) is 5.73. The van der Waals surface area contributed by atoms with Gasteiger partial charge in [-0.15, -0.1) is 0 Å². The predicted molar refractivity (Wildman–Crippen MR) is 83.5 cm³/mol. The van der Waals surface area contributed by atoms with Gasteiger partial charge in [-0.25, -0.2) is 4.98 Å².